The summed E-state index contributed by atoms with van der Waals surface area (Å²) < 4.78 is 29.3. The van der Waals surface area contributed by atoms with E-state index in [4.69, 9.17) is 0 Å². The van der Waals surface area contributed by atoms with Crippen LogP contribution in [0.1, 0.15) is 13.8 Å². The van der Waals surface area contributed by atoms with Crippen molar-refractivity contribution in [2.75, 3.05) is 13.7 Å². The van der Waals surface area contributed by atoms with Gasteiger partial charge in [-0.05, 0) is 13.8 Å². The van der Waals surface area contributed by atoms with Crippen molar-refractivity contribution in [1.29, 1.82) is 0 Å². The Balaban J connectivity index is 4.47. The van der Waals surface area contributed by atoms with Crippen LogP contribution in [0.3, 0.4) is 0 Å². The molecule has 5 nitrogen and oxygen atoms in total. The van der Waals surface area contributed by atoms with Crippen LogP contribution in [0.4, 0.5) is 0 Å². The molecule has 1 atom stereocenters. The highest BCUT2D eigenvalue weighted by atomic mass is 32.2. The van der Waals surface area contributed by atoms with Gasteiger partial charge in [0.2, 0.25) is 10.0 Å². The number of hydrogen-bond acceptors (Lipinski definition) is 4. The Morgan fingerprint density at radius 3 is 2.43 bits per heavy atom. The summed E-state index contributed by atoms with van der Waals surface area (Å²) >= 11 is 0. The van der Waals surface area contributed by atoms with E-state index in [9.17, 15) is 13.2 Å². The summed E-state index contributed by atoms with van der Waals surface area (Å²) in [6, 6.07) is 0. The maximum absolute atomic E-state index is 11.4. The highest BCUT2D eigenvalue weighted by molar-refractivity contribution is 7.90. The number of esters is 1. The summed E-state index contributed by atoms with van der Waals surface area (Å²) in [6.45, 7) is 6.62. The zero-order valence-electron chi connectivity index (χ0n) is 8.53. The summed E-state index contributed by atoms with van der Waals surface area (Å²) in [5.74, 6) is -0.779. The predicted molar refractivity (Wildman–Crippen MR) is 53.2 cm³/mol. The number of sulfonamides is 1. The molecular weight excluding hydrogens is 206 g/mol. The molecular formula is C8H15NO4S. The lowest BCUT2D eigenvalue weighted by Gasteiger charge is -2.11. The standard InChI is InChI=1S/C8H15NO4S/c1-6(2)5-9-14(11,12)7(3)8(10)13-4/h7,9H,1,5H2,2-4H3. The van der Waals surface area contributed by atoms with Crippen LogP contribution in [0.25, 0.3) is 0 Å². The predicted octanol–water partition coefficient (Wildman–Crippen LogP) is 0.0434. The van der Waals surface area contributed by atoms with E-state index >= 15 is 0 Å². The summed E-state index contributed by atoms with van der Waals surface area (Å²) in [5.41, 5.74) is 0.672. The van der Waals surface area contributed by atoms with E-state index in [1.807, 2.05) is 0 Å². The molecule has 0 aromatic carbocycles. The second kappa shape index (κ2) is 5.11. The molecule has 0 bridgehead atoms. The maximum Gasteiger partial charge on any atom is 0.325 e. The number of hydrogen-bond donors (Lipinski definition) is 1. The maximum atomic E-state index is 11.4. The molecule has 0 fully saturated rings. The Morgan fingerprint density at radius 2 is 2.07 bits per heavy atom. The zero-order chi connectivity index (χ0) is 11.4. The smallest absolute Gasteiger partial charge is 0.325 e. The van der Waals surface area contributed by atoms with E-state index in [2.05, 4.69) is 16.0 Å². The highest BCUT2D eigenvalue weighted by Crippen LogP contribution is 2.00. The summed E-state index contributed by atoms with van der Waals surface area (Å²) in [7, 11) is -2.51. The van der Waals surface area contributed by atoms with Crippen LogP contribution in [-0.2, 0) is 19.6 Å². The lowest BCUT2D eigenvalue weighted by atomic mass is 10.4. The van der Waals surface area contributed by atoms with Gasteiger partial charge in [0.05, 0.1) is 7.11 Å². The average molecular weight is 221 g/mol. The average Bonchev–Trinajstić information content (AvgIpc) is 2.12. The molecule has 1 unspecified atom stereocenters. The minimum absolute atomic E-state index is 0.129. The van der Waals surface area contributed by atoms with Gasteiger partial charge in [0, 0.05) is 6.54 Å². The van der Waals surface area contributed by atoms with E-state index < -0.39 is 21.2 Å². The molecule has 0 saturated carbocycles. The first-order valence-electron chi connectivity index (χ1n) is 4.02. The van der Waals surface area contributed by atoms with E-state index in [-0.39, 0.29) is 6.54 Å². The third kappa shape index (κ3) is 3.89. The summed E-state index contributed by atoms with van der Waals surface area (Å²) in [6.07, 6.45) is 0. The number of rotatable bonds is 5. The zero-order valence-corrected chi connectivity index (χ0v) is 9.35. The molecule has 0 aliphatic rings. The van der Waals surface area contributed by atoms with Crippen LogP contribution in [0.5, 0.6) is 0 Å². The lowest BCUT2D eigenvalue weighted by molar-refractivity contribution is -0.139. The minimum atomic E-state index is -3.65. The largest absolute Gasteiger partial charge is 0.468 e. The molecule has 0 amide bonds. The van der Waals surface area contributed by atoms with Crippen LogP contribution in [0, 0.1) is 0 Å². The molecule has 6 heteroatoms. The van der Waals surface area contributed by atoms with Crippen molar-refractivity contribution in [3.05, 3.63) is 12.2 Å². The lowest BCUT2D eigenvalue weighted by Crippen LogP contribution is -2.38. The van der Waals surface area contributed by atoms with E-state index in [1.165, 1.54) is 6.92 Å². The van der Waals surface area contributed by atoms with Crippen LogP contribution in [0.2, 0.25) is 0 Å². The molecule has 82 valence electrons. The van der Waals surface area contributed by atoms with Crippen molar-refractivity contribution in [2.45, 2.75) is 19.1 Å². The fourth-order valence-corrected chi connectivity index (χ4v) is 1.69. The van der Waals surface area contributed by atoms with E-state index in [0.717, 1.165) is 7.11 Å². The molecule has 0 heterocycles. The molecule has 0 aliphatic heterocycles. The van der Waals surface area contributed by atoms with Gasteiger partial charge < -0.3 is 4.74 Å². The van der Waals surface area contributed by atoms with Crippen LogP contribution in [-0.4, -0.2) is 33.3 Å². The molecule has 14 heavy (non-hydrogen) atoms. The number of ether oxygens (including phenoxy) is 1. The van der Waals surface area contributed by atoms with Gasteiger partial charge in [0.15, 0.2) is 5.25 Å². The van der Waals surface area contributed by atoms with Crippen LogP contribution >= 0.6 is 0 Å². The topological polar surface area (TPSA) is 72.5 Å². The Morgan fingerprint density at radius 1 is 1.57 bits per heavy atom. The number of carbonyl (C=O) groups is 1. The number of nitrogens with one attached hydrogen (secondary N) is 1. The molecule has 0 aromatic rings. The van der Waals surface area contributed by atoms with Gasteiger partial charge >= 0.3 is 5.97 Å². The molecule has 1 N–H and O–H groups in total. The Kier molecular flexibility index (Phi) is 4.79. The molecule has 0 aromatic heterocycles. The first-order chi connectivity index (χ1) is 6.31. The summed E-state index contributed by atoms with van der Waals surface area (Å²) in [5, 5.41) is -1.20. The molecule has 0 saturated heterocycles. The van der Waals surface area contributed by atoms with E-state index in [1.54, 1.807) is 6.92 Å². The van der Waals surface area contributed by atoms with Crippen LogP contribution in [0.15, 0.2) is 12.2 Å². The Bertz CT molecular complexity index is 320. The molecule has 0 spiro atoms. The van der Waals surface area contributed by atoms with Crippen molar-refractivity contribution < 1.29 is 17.9 Å². The van der Waals surface area contributed by atoms with Gasteiger partial charge in [-0.2, -0.15) is 0 Å². The van der Waals surface area contributed by atoms with Crippen molar-refractivity contribution in [1.82, 2.24) is 4.72 Å². The van der Waals surface area contributed by atoms with Gasteiger partial charge in [0.1, 0.15) is 0 Å². The highest BCUT2D eigenvalue weighted by Gasteiger charge is 2.28. The van der Waals surface area contributed by atoms with Crippen molar-refractivity contribution in [2.24, 2.45) is 0 Å². The monoisotopic (exact) mass is 221 g/mol. The van der Waals surface area contributed by atoms with Gasteiger partial charge in [-0.1, -0.05) is 12.2 Å². The second-order valence-corrected chi connectivity index (χ2v) is 5.07. The number of carbonyl (C=O) groups excluding carboxylic acids is 1. The van der Waals surface area contributed by atoms with E-state index in [0.29, 0.717) is 5.57 Å². The normalized spacial score (nSPS) is 13.4. The molecule has 0 rings (SSSR count). The van der Waals surface area contributed by atoms with Crippen molar-refractivity contribution >= 4 is 16.0 Å². The Hall–Kier alpha value is -0.880. The van der Waals surface area contributed by atoms with Crippen molar-refractivity contribution in [3.63, 3.8) is 0 Å². The SMILES string of the molecule is C=C(C)CNS(=O)(=O)C(C)C(=O)OC. The number of methoxy groups -OCH3 is 1. The van der Waals surface area contributed by atoms with Gasteiger partial charge in [0.25, 0.3) is 0 Å². The van der Waals surface area contributed by atoms with Crippen molar-refractivity contribution in [3.8, 4) is 0 Å². The molecule has 0 radical (unpaired) electrons. The third-order valence-corrected chi connectivity index (χ3v) is 3.24. The fraction of sp³-hybridized carbons (Fsp3) is 0.625. The fourth-order valence-electron chi connectivity index (χ4n) is 0.641. The second-order valence-electron chi connectivity index (χ2n) is 2.99. The third-order valence-electron chi connectivity index (χ3n) is 1.57. The first-order valence-corrected chi connectivity index (χ1v) is 5.56. The summed E-state index contributed by atoms with van der Waals surface area (Å²) in [4.78, 5) is 10.9. The quantitative estimate of drug-likeness (QED) is 0.525. The minimum Gasteiger partial charge on any atom is -0.468 e. The van der Waals surface area contributed by atoms with Gasteiger partial charge in [-0.15, -0.1) is 0 Å². The van der Waals surface area contributed by atoms with Gasteiger partial charge in [-0.25, -0.2) is 13.1 Å². The molecule has 0 aliphatic carbocycles. The Labute approximate surface area is 84.2 Å². The van der Waals surface area contributed by atoms with Gasteiger partial charge in [-0.3, -0.25) is 4.79 Å². The van der Waals surface area contributed by atoms with Crippen LogP contribution < -0.4 is 4.72 Å². The first kappa shape index (κ1) is 13.1.